The maximum atomic E-state index is 14.8. The highest BCUT2D eigenvalue weighted by molar-refractivity contribution is 5.87. The first-order chi connectivity index (χ1) is 22.3. The summed E-state index contributed by atoms with van der Waals surface area (Å²) in [6, 6.07) is 0. The SMILES string of the molecule is C=C(C(=O)O)C(F)(F)F.C=C(C(=O)O)C(F)(F)F.FOC(F)(F)C12C(F)(F)C3(F)C(F)(F)C(F)(C1(F)F)C(F)(F)C(C(F)(F)OF)(C3(F)F)C2(F)F. The third kappa shape index (κ3) is 4.37. The summed E-state index contributed by atoms with van der Waals surface area (Å²) in [5.74, 6) is -56.4. The molecule has 4 rings (SSSR count). The van der Waals surface area contributed by atoms with Crippen molar-refractivity contribution in [3.8, 4) is 0 Å². The number of carboxylic acids is 2. The molecule has 0 amide bonds. The van der Waals surface area contributed by atoms with E-state index in [1.807, 2.05) is 0 Å². The first kappa shape index (κ1) is 46.5. The Balaban J connectivity index is 0.000000617. The summed E-state index contributed by atoms with van der Waals surface area (Å²) in [4.78, 5) is 21.0. The number of carbonyl (C=O) groups is 2. The number of alkyl halides is 24. The molecule has 0 saturated heterocycles. The molecule has 0 aromatic rings. The lowest BCUT2D eigenvalue weighted by Crippen LogP contribution is -3.09. The molecule has 0 aromatic carbocycles. The van der Waals surface area contributed by atoms with E-state index in [0.717, 1.165) is 9.88 Å². The Morgan fingerprint density at radius 1 is 0.423 bits per heavy atom. The molecular weight excluding hydrogens is 830 g/mol. The molecule has 304 valence electrons. The van der Waals surface area contributed by atoms with E-state index < -0.39 is 105 Å². The standard InChI is InChI=1S/C12F20O2.2C4H3F3O2/c13-3-6(17,18)1(11(27,28)33-31)5(15,16)2(8(3,21)22,12(29,30)34-32)9(23,24)4(14,7(1,19)20)10(3,25)26;2*1-2(3(8)9)4(5,6)7/h;2*1H2,(H,8,9). The molecule has 0 atom stereocenters. The first-order valence-electron chi connectivity index (χ1n) is 11.3. The average Bonchev–Trinajstić information content (AvgIpc) is 2.91. The van der Waals surface area contributed by atoms with Crippen LogP contribution in [0.2, 0.25) is 0 Å². The van der Waals surface area contributed by atoms with Gasteiger partial charge >= 0.3 is 77.5 Å². The second kappa shape index (κ2) is 11.5. The lowest BCUT2D eigenvalue weighted by atomic mass is 9.32. The van der Waals surface area contributed by atoms with Crippen LogP contribution in [0.5, 0.6) is 0 Å². The molecule has 0 aliphatic heterocycles. The summed E-state index contributed by atoms with van der Waals surface area (Å²) in [5.41, 5.74) is -38.1. The normalized spacial score (nSPS) is 33.1. The van der Waals surface area contributed by atoms with Gasteiger partial charge in [-0.25, -0.2) is 62.3 Å². The van der Waals surface area contributed by atoms with Gasteiger partial charge in [-0.2, -0.15) is 52.7 Å². The lowest BCUT2D eigenvalue weighted by molar-refractivity contribution is -0.677. The molecule has 4 bridgehead atoms. The molecule has 4 aliphatic carbocycles. The molecular formula is C20H6F26O6. The molecule has 0 aromatic heterocycles. The lowest BCUT2D eigenvalue weighted by Gasteiger charge is -2.77. The number of carboxylic acid groups (broad SMARTS) is 2. The van der Waals surface area contributed by atoms with E-state index in [1.165, 1.54) is 0 Å². The van der Waals surface area contributed by atoms with E-state index in [9.17, 15) is 124 Å². The summed E-state index contributed by atoms with van der Waals surface area (Å²) in [7, 11) is 0. The van der Waals surface area contributed by atoms with Crippen LogP contribution in [0.25, 0.3) is 0 Å². The Hall–Kier alpha value is -3.48. The second-order valence-electron chi connectivity index (χ2n) is 10.0. The molecule has 0 spiro atoms. The zero-order valence-electron chi connectivity index (χ0n) is 22.8. The van der Waals surface area contributed by atoms with E-state index in [0.29, 0.717) is 0 Å². The van der Waals surface area contributed by atoms with Crippen LogP contribution in [0.3, 0.4) is 0 Å². The third-order valence-electron chi connectivity index (χ3n) is 7.69. The molecule has 4 saturated carbocycles. The van der Waals surface area contributed by atoms with Crippen LogP contribution in [0.1, 0.15) is 0 Å². The Morgan fingerprint density at radius 2 is 0.615 bits per heavy atom. The minimum absolute atomic E-state index is 0.994. The highest BCUT2D eigenvalue weighted by Gasteiger charge is 3.27. The number of rotatable bonds is 6. The van der Waals surface area contributed by atoms with Crippen LogP contribution in [-0.4, -0.2) is 93.6 Å². The Bertz CT molecular complexity index is 1350. The molecule has 0 unspecified atom stereocenters. The quantitative estimate of drug-likeness (QED) is 0.206. The summed E-state index contributed by atoms with van der Waals surface area (Å²) < 4.78 is 351. The van der Waals surface area contributed by atoms with E-state index in [4.69, 9.17) is 10.2 Å². The van der Waals surface area contributed by atoms with Gasteiger partial charge in [0.15, 0.2) is 0 Å². The second-order valence-corrected chi connectivity index (χ2v) is 10.0. The van der Waals surface area contributed by atoms with Crippen molar-refractivity contribution in [3.05, 3.63) is 24.3 Å². The fraction of sp³-hybridized carbons (Fsp3) is 0.700. The first-order valence-corrected chi connectivity index (χ1v) is 11.3. The molecule has 4 fully saturated rings. The van der Waals surface area contributed by atoms with Crippen LogP contribution in [-0.2, 0) is 19.5 Å². The Labute approximate surface area is 264 Å². The van der Waals surface area contributed by atoms with Crippen LogP contribution in [0.4, 0.5) is 114 Å². The topological polar surface area (TPSA) is 93.1 Å². The monoisotopic (exact) mass is 836 g/mol. The number of halogens is 26. The van der Waals surface area contributed by atoms with Crippen LogP contribution < -0.4 is 0 Å². The molecule has 2 N–H and O–H groups in total. The van der Waals surface area contributed by atoms with Crippen molar-refractivity contribution in [2.45, 2.75) is 71.4 Å². The molecule has 6 nitrogen and oxygen atoms in total. The largest absolute Gasteiger partial charge is 0.478 e. The predicted molar refractivity (Wildman–Crippen MR) is 102 cm³/mol. The smallest absolute Gasteiger partial charge is 0.422 e. The van der Waals surface area contributed by atoms with Gasteiger partial charge in [-0.3, -0.25) is 0 Å². The van der Waals surface area contributed by atoms with Crippen molar-refractivity contribution in [2.75, 3.05) is 0 Å². The average molecular weight is 836 g/mol. The number of aliphatic carboxylic acids is 2. The van der Waals surface area contributed by atoms with Crippen molar-refractivity contribution in [3.63, 3.8) is 0 Å². The van der Waals surface area contributed by atoms with Crippen LogP contribution in [0.15, 0.2) is 24.3 Å². The Kier molecular flexibility index (Phi) is 10.3. The fourth-order valence-electron chi connectivity index (χ4n) is 5.37. The summed E-state index contributed by atoms with van der Waals surface area (Å²) in [5, 5.41) is 15.4. The van der Waals surface area contributed by atoms with Gasteiger partial charge in [0.2, 0.25) is 0 Å². The molecule has 0 heterocycles. The molecule has 0 radical (unpaired) electrons. The fourth-order valence-corrected chi connectivity index (χ4v) is 5.37. The number of hydrogen-bond donors (Lipinski definition) is 2. The van der Waals surface area contributed by atoms with Crippen molar-refractivity contribution in [1.29, 1.82) is 0 Å². The van der Waals surface area contributed by atoms with Gasteiger partial charge in [0.25, 0.3) is 16.8 Å². The van der Waals surface area contributed by atoms with E-state index in [2.05, 4.69) is 13.2 Å². The van der Waals surface area contributed by atoms with Crippen LogP contribution >= 0.6 is 0 Å². The van der Waals surface area contributed by atoms with Gasteiger partial charge in [0, 0.05) is 0 Å². The minimum atomic E-state index is -8.92. The van der Waals surface area contributed by atoms with Gasteiger partial charge in [-0.1, -0.05) is 13.2 Å². The zero-order chi connectivity index (χ0) is 42.7. The van der Waals surface area contributed by atoms with E-state index in [-0.39, 0.29) is 0 Å². The summed E-state index contributed by atoms with van der Waals surface area (Å²) >= 11 is 0. The predicted octanol–water partition coefficient (Wildman–Crippen LogP) is 8.60. The maximum Gasteiger partial charge on any atom is 0.422 e. The van der Waals surface area contributed by atoms with Crippen molar-refractivity contribution >= 4 is 11.9 Å². The van der Waals surface area contributed by atoms with E-state index in [1.54, 1.807) is 0 Å². The summed E-state index contributed by atoms with van der Waals surface area (Å²) in [6.07, 6.45) is -26.0. The van der Waals surface area contributed by atoms with Gasteiger partial charge in [-0.15, -0.1) is 9.88 Å². The van der Waals surface area contributed by atoms with Gasteiger partial charge < -0.3 is 10.2 Å². The summed E-state index contributed by atoms with van der Waals surface area (Å²) in [6.45, 7) is 4.60. The number of hydrogen-bond acceptors (Lipinski definition) is 4. The zero-order valence-corrected chi connectivity index (χ0v) is 22.8. The van der Waals surface area contributed by atoms with Gasteiger partial charge in [0.1, 0.15) is 11.1 Å². The molecule has 4 aliphatic rings. The minimum Gasteiger partial charge on any atom is -0.478 e. The highest BCUT2D eigenvalue weighted by atomic mass is 19.4. The van der Waals surface area contributed by atoms with Gasteiger partial charge in [0.05, 0.1) is 0 Å². The molecule has 32 heteroatoms. The van der Waals surface area contributed by atoms with Crippen LogP contribution in [0, 0.1) is 10.8 Å². The van der Waals surface area contributed by atoms with Crippen molar-refractivity contribution < 1.29 is 144 Å². The third-order valence-corrected chi connectivity index (χ3v) is 7.69. The molecule has 52 heavy (non-hydrogen) atoms. The van der Waals surface area contributed by atoms with Crippen molar-refractivity contribution in [2.24, 2.45) is 10.8 Å². The Morgan fingerprint density at radius 3 is 0.731 bits per heavy atom. The maximum absolute atomic E-state index is 14.8. The van der Waals surface area contributed by atoms with Crippen molar-refractivity contribution in [1.82, 2.24) is 0 Å². The van der Waals surface area contributed by atoms with Gasteiger partial charge in [-0.05, 0) is 9.05 Å². The highest BCUT2D eigenvalue weighted by Crippen LogP contribution is 2.95. The van der Waals surface area contributed by atoms with E-state index >= 15 is 0 Å².